The number of carbonyl (C=O) groups is 1. The zero-order chi connectivity index (χ0) is 13.4. The molecule has 0 aliphatic carbocycles. The normalized spacial score (nSPS) is 10.8. The molecule has 19 heavy (non-hydrogen) atoms. The van der Waals surface area contributed by atoms with Crippen LogP contribution in [-0.2, 0) is 0 Å². The highest BCUT2D eigenvalue weighted by Gasteiger charge is 2.18. The molecule has 0 saturated carbocycles. The fourth-order valence-electron chi connectivity index (χ4n) is 1.92. The van der Waals surface area contributed by atoms with Crippen LogP contribution in [0.1, 0.15) is 10.4 Å². The number of hydrogen-bond donors (Lipinski definition) is 0. The van der Waals surface area contributed by atoms with Gasteiger partial charge < -0.3 is 0 Å². The Morgan fingerprint density at radius 2 is 1.84 bits per heavy atom. The average Bonchev–Trinajstić information content (AvgIpc) is 2.85. The Bertz CT molecular complexity index is 780. The van der Waals surface area contributed by atoms with E-state index in [1.165, 1.54) is 23.0 Å². The summed E-state index contributed by atoms with van der Waals surface area (Å²) in [6.45, 7) is 0. The van der Waals surface area contributed by atoms with Crippen LogP contribution in [0.25, 0.3) is 11.0 Å². The van der Waals surface area contributed by atoms with Crippen molar-refractivity contribution in [3.8, 4) is 0 Å². The van der Waals surface area contributed by atoms with E-state index in [0.29, 0.717) is 11.0 Å². The Morgan fingerprint density at radius 1 is 1.05 bits per heavy atom. The highest BCUT2D eigenvalue weighted by Crippen LogP contribution is 2.17. The van der Waals surface area contributed by atoms with Gasteiger partial charge in [-0.3, -0.25) is 9.36 Å². The van der Waals surface area contributed by atoms with E-state index in [9.17, 15) is 13.6 Å². The van der Waals surface area contributed by atoms with Gasteiger partial charge in [0.05, 0.1) is 16.6 Å². The van der Waals surface area contributed by atoms with Crippen LogP contribution >= 0.6 is 0 Å². The summed E-state index contributed by atoms with van der Waals surface area (Å²) in [6.07, 6.45) is 1.30. The van der Waals surface area contributed by atoms with E-state index in [0.717, 1.165) is 6.07 Å². The molecule has 1 heterocycles. The summed E-state index contributed by atoms with van der Waals surface area (Å²) in [5, 5.41) is 0. The summed E-state index contributed by atoms with van der Waals surface area (Å²) in [6, 6.07) is 10.5. The first-order valence-electron chi connectivity index (χ1n) is 5.59. The molecular formula is C14H8F2N2O. The number of halogens is 2. The minimum absolute atomic E-state index is 0.317. The molecule has 5 heteroatoms. The van der Waals surface area contributed by atoms with Gasteiger partial charge >= 0.3 is 0 Å². The molecule has 0 atom stereocenters. The van der Waals surface area contributed by atoms with Crippen molar-refractivity contribution in [2.24, 2.45) is 0 Å². The van der Waals surface area contributed by atoms with Gasteiger partial charge in [0.2, 0.25) is 0 Å². The number of fused-ring (bicyclic) bond motifs is 1. The summed E-state index contributed by atoms with van der Waals surface area (Å²) < 4.78 is 28.0. The molecule has 0 radical (unpaired) electrons. The number of aromatic nitrogens is 2. The molecule has 0 amide bonds. The van der Waals surface area contributed by atoms with Gasteiger partial charge in [-0.1, -0.05) is 18.2 Å². The van der Waals surface area contributed by atoms with Gasteiger partial charge in [-0.25, -0.2) is 13.8 Å². The van der Waals surface area contributed by atoms with Crippen molar-refractivity contribution in [3.63, 3.8) is 0 Å². The molecule has 2 aromatic carbocycles. The van der Waals surface area contributed by atoms with Crippen LogP contribution < -0.4 is 0 Å². The van der Waals surface area contributed by atoms with E-state index in [1.54, 1.807) is 24.3 Å². The Hall–Kier alpha value is -2.56. The number of benzene rings is 2. The van der Waals surface area contributed by atoms with Crippen LogP contribution in [0, 0.1) is 11.6 Å². The van der Waals surface area contributed by atoms with E-state index >= 15 is 0 Å². The number of imidazole rings is 1. The Balaban J connectivity index is 2.17. The fraction of sp³-hybridized carbons (Fsp3) is 0. The van der Waals surface area contributed by atoms with Crippen LogP contribution in [-0.4, -0.2) is 15.5 Å². The Kier molecular flexibility index (Phi) is 2.59. The van der Waals surface area contributed by atoms with E-state index < -0.39 is 17.5 Å². The van der Waals surface area contributed by atoms with Gasteiger partial charge in [-0.05, 0) is 24.3 Å². The molecule has 3 rings (SSSR count). The lowest BCUT2D eigenvalue weighted by Gasteiger charge is -2.04. The van der Waals surface area contributed by atoms with Gasteiger partial charge in [0.15, 0.2) is 11.6 Å². The second kappa shape index (κ2) is 4.28. The smallest absolute Gasteiger partial charge is 0.266 e. The molecule has 0 spiro atoms. The lowest BCUT2D eigenvalue weighted by molar-refractivity contribution is 0.0959. The molecule has 3 nitrogen and oxygen atoms in total. The molecule has 0 unspecified atom stereocenters. The zero-order valence-electron chi connectivity index (χ0n) is 9.68. The average molecular weight is 258 g/mol. The SMILES string of the molecule is O=C(c1cccc(F)c1F)n1cnc2ccccc21. The third-order valence-electron chi connectivity index (χ3n) is 2.85. The van der Waals surface area contributed by atoms with Gasteiger partial charge in [-0.2, -0.15) is 0 Å². The van der Waals surface area contributed by atoms with Crippen molar-refractivity contribution >= 4 is 16.9 Å². The standard InChI is InChI=1S/C14H8F2N2O/c15-10-5-3-4-9(13(10)16)14(19)18-8-17-11-6-1-2-7-12(11)18/h1-8H. The van der Waals surface area contributed by atoms with E-state index in [-0.39, 0.29) is 5.56 Å². The maximum atomic E-state index is 13.6. The predicted molar refractivity (Wildman–Crippen MR) is 65.8 cm³/mol. The monoisotopic (exact) mass is 258 g/mol. The molecular weight excluding hydrogens is 250 g/mol. The number of rotatable bonds is 1. The predicted octanol–water partition coefficient (Wildman–Crippen LogP) is 3.00. The van der Waals surface area contributed by atoms with Crippen molar-refractivity contribution in [2.45, 2.75) is 0 Å². The number of nitrogens with zero attached hydrogens (tertiary/aromatic N) is 2. The number of para-hydroxylation sites is 2. The van der Waals surface area contributed by atoms with Crippen molar-refractivity contribution < 1.29 is 13.6 Å². The maximum Gasteiger partial charge on any atom is 0.266 e. The second-order valence-electron chi connectivity index (χ2n) is 4.01. The zero-order valence-corrected chi connectivity index (χ0v) is 9.68. The molecule has 0 aliphatic rings. The van der Waals surface area contributed by atoms with E-state index in [4.69, 9.17) is 0 Å². The molecule has 0 aliphatic heterocycles. The van der Waals surface area contributed by atoms with Crippen LogP contribution in [0.5, 0.6) is 0 Å². The first kappa shape index (κ1) is 11.5. The molecule has 94 valence electrons. The Morgan fingerprint density at radius 3 is 2.68 bits per heavy atom. The lowest BCUT2D eigenvalue weighted by atomic mass is 10.2. The summed E-state index contributed by atoms with van der Waals surface area (Å²) >= 11 is 0. The molecule has 0 fully saturated rings. The lowest BCUT2D eigenvalue weighted by Crippen LogP contribution is -2.13. The van der Waals surface area contributed by atoms with Crippen LogP contribution in [0.4, 0.5) is 8.78 Å². The first-order chi connectivity index (χ1) is 9.18. The van der Waals surface area contributed by atoms with Crippen molar-refractivity contribution in [1.29, 1.82) is 0 Å². The van der Waals surface area contributed by atoms with Crippen LogP contribution in [0.15, 0.2) is 48.8 Å². The quantitative estimate of drug-likeness (QED) is 0.672. The third kappa shape index (κ3) is 1.79. The second-order valence-corrected chi connectivity index (χ2v) is 4.01. The highest BCUT2D eigenvalue weighted by atomic mass is 19.2. The van der Waals surface area contributed by atoms with Crippen LogP contribution in [0.3, 0.4) is 0 Å². The maximum absolute atomic E-state index is 13.6. The minimum Gasteiger partial charge on any atom is -0.268 e. The summed E-state index contributed by atoms with van der Waals surface area (Å²) in [5.74, 6) is -2.84. The largest absolute Gasteiger partial charge is 0.268 e. The van der Waals surface area contributed by atoms with Crippen molar-refractivity contribution in [2.75, 3.05) is 0 Å². The Labute approximate surface area is 107 Å². The van der Waals surface area contributed by atoms with Crippen LogP contribution in [0.2, 0.25) is 0 Å². The topological polar surface area (TPSA) is 34.9 Å². The summed E-state index contributed by atoms with van der Waals surface area (Å²) in [5.41, 5.74) is 0.854. The number of hydrogen-bond acceptors (Lipinski definition) is 2. The molecule has 0 N–H and O–H groups in total. The van der Waals surface area contributed by atoms with Gasteiger partial charge in [-0.15, -0.1) is 0 Å². The minimum atomic E-state index is -1.15. The van der Waals surface area contributed by atoms with Crippen molar-refractivity contribution in [3.05, 3.63) is 66.0 Å². The van der Waals surface area contributed by atoms with Gasteiger partial charge in [0.25, 0.3) is 5.91 Å². The highest BCUT2D eigenvalue weighted by molar-refractivity contribution is 6.01. The first-order valence-corrected chi connectivity index (χ1v) is 5.59. The number of carbonyl (C=O) groups excluding carboxylic acids is 1. The summed E-state index contributed by atoms with van der Waals surface area (Å²) in [4.78, 5) is 16.3. The third-order valence-corrected chi connectivity index (χ3v) is 2.85. The van der Waals surface area contributed by atoms with E-state index in [2.05, 4.69) is 4.98 Å². The summed E-state index contributed by atoms with van der Waals surface area (Å²) in [7, 11) is 0. The van der Waals surface area contributed by atoms with Gasteiger partial charge in [0.1, 0.15) is 6.33 Å². The molecule has 0 bridgehead atoms. The van der Waals surface area contributed by atoms with Crippen molar-refractivity contribution in [1.82, 2.24) is 9.55 Å². The fourth-order valence-corrected chi connectivity index (χ4v) is 1.92. The van der Waals surface area contributed by atoms with E-state index in [1.807, 2.05) is 0 Å². The van der Waals surface area contributed by atoms with Gasteiger partial charge in [0, 0.05) is 0 Å². The molecule has 0 saturated heterocycles. The molecule has 1 aromatic heterocycles. The molecule has 3 aromatic rings.